The molecule has 22 heteroatoms. The van der Waals surface area contributed by atoms with Crippen molar-refractivity contribution in [3.63, 3.8) is 0 Å². The molecule has 0 amide bonds. The second kappa shape index (κ2) is 29.0. The highest BCUT2D eigenvalue weighted by Crippen LogP contribution is 2.54. The van der Waals surface area contributed by atoms with Gasteiger partial charge in [0.2, 0.25) is 0 Å². The van der Waals surface area contributed by atoms with Gasteiger partial charge in [0.15, 0.2) is 0 Å². The van der Waals surface area contributed by atoms with Crippen molar-refractivity contribution in [2.24, 2.45) is 16.0 Å². The molecule has 456 valence electrons. The summed E-state index contributed by atoms with van der Waals surface area (Å²) in [5, 5.41) is 44.3. The van der Waals surface area contributed by atoms with Gasteiger partial charge in [-0.2, -0.15) is 0 Å². The third-order valence-electron chi connectivity index (χ3n) is 16.3. The van der Waals surface area contributed by atoms with Crippen molar-refractivity contribution in [1.82, 2.24) is 15.3 Å². The molecule has 0 radical (unpaired) electrons. The van der Waals surface area contributed by atoms with Crippen molar-refractivity contribution in [3.8, 4) is 28.3 Å². The number of anilines is 2. The van der Waals surface area contributed by atoms with E-state index in [1.54, 1.807) is 37.4 Å². The number of methoxy groups -OCH3 is 1. The molecule has 12 rings (SSSR count). The molecule has 6 aliphatic rings. The smallest absolute Gasteiger partial charge is 0.335 e. The highest BCUT2D eigenvalue weighted by atomic mass is 35.5. The van der Waals surface area contributed by atoms with Gasteiger partial charge in [-0.3, -0.25) is 0 Å². The number of thioether (sulfide) groups is 1. The lowest BCUT2D eigenvalue weighted by atomic mass is 9.61. The summed E-state index contributed by atoms with van der Waals surface area (Å²) in [5.74, 6) is 1.27. The van der Waals surface area contributed by atoms with Crippen LogP contribution in [0.15, 0.2) is 103 Å². The second-order valence-electron chi connectivity index (χ2n) is 22.1. The molecule has 2 aromatic heterocycles. The van der Waals surface area contributed by atoms with Crippen LogP contribution in [0.25, 0.3) is 22.5 Å². The van der Waals surface area contributed by atoms with Crippen LogP contribution in [0, 0.1) is 10.8 Å². The summed E-state index contributed by atoms with van der Waals surface area (Å²) in [6.45, 7) is 14.9. The number of ether oxygens (including phenoxy) is 3. The van der Waals surface area contributed by atoms with Crippen LogP contribution in [0.4, 0.5) is 11.4 Å². The Morgan fingerprint density at radius 3 is 1.66 bits per heavy atom. The van der Waals surface area contributed by atoms with Gasteiger partial charge in [-0.1, -0.05) is 106 Å². The zero-order valence-electron chi connectivity index (χ0n) is 48.8. The molecule has 16 nitrogen and oxygen atoms in total. The van der Waals surface area contributed by atoms with E-state index in [1.165, 1.54) is 11.8 Å². The Balaban J connectivity index is 0.000000194. The fourth-order valence-electron chi connectivity index (χ4n) is 11.6. The predicted molar refractivity (Wildman–Crippen MR) is 338 cm³/mol. The number of nitrogens with zero attached hydrogens (tertiary/aromatic N) is 6. The van der Waals surface area contributed by atoms with Gasteiger partial charge in [-0.15, -0.1) is 16.9 Å². The van der Waals surface area contributed by atoms with Crippen LogP contribution < -0.4 is 14.6 Å². The first-order valence-electron chi connectivity index (χ1n) is 28.4. The van der Waals surface area contributed by atoms with Crippen LogP contribution in [-0.2, 0) is 22.7 Å². The van der Waals surface area contributed by atoms with Crippen molar-refractivity contribution in [3.05, 3.63) is 138 Å². The summed E-state index contributed by atoms with van der Waals surface area (Å²) in [5.41, 5.74) is 7.51. The Morgan fingerprint density at radius 2 is 1.24 bits per heavy atom. The summed E-state index contributed by atoms with van der Waals surface area (Å²) < 4.78 is 29.9. The summed E-state index contributed by atoms with van der Waals surface area (Å²) in [7, 11) is 3.60. The molecule has 0 bridgehead atoms. The van der Waals surface area contributed by atoms with Crippen LogP contribution in [0.5, 0.6) is 5.75 Å². The van der Waals surface area contributed by atoms with Gasteiger partial charge in [0, 0.05) is 95.1 Å². The molecule has 3 N–H and O–H groups in total. The molecule has 0 atom stereocenters. The Morgan fingerprint density at radius 1 is 0.776 bits per heavy atom. The fraction of sp³-hybridized carbons (Fsp3) is 0.444. The molecule has 4 heterocycles. The monoisotopic (exact) mass is 1280 g/mol. The van der Waals surface area contributed by atoms with Crippen LogP contribution in [-0.4, -0.2) is 108 Å². The van der Waals surface area contributed by atoms with Gasteiger partial charge >= 0.3 is 11.9 Å². The van der Waals surface area contributed by atoms with E-state index in [-0.39, 0.29) is 28.6 Å². The third-order valence-corrected chi connectivity index (χ3v) is 18.5. The van der Waals surface area contributed by atoms with E-state index in [1.807, 2.05) is 89.5 Å². The largest absolute Gasteiger partial charge is 0.494 e. The van der Waals surface area contributed by atoms with Crippen molar-refractivity contribution < 1.29 is 48.3 Å². The molecule has 85 heavy (non-hydrogen) atoms. The molecule has 6 aromatic rings. The minimum absolute atomic E-state index is 0.155. The maximum Gasteiger partial charge on any atom is 0.335 e. The Hall–Kier alpha value is -5.47. The van der Waals surface area contributed by atoms with Crippen LogP contribution in [0.2, 0.25) is 20.1 Å². The Labute approximate surface area is 526 Å². The average molecular weight is 1280 g/mol. The average Bonchev–Trinajstić information content (AvgIpc) is 1.90. The number of rotatable bonds is 17. The topological polar surface area (TPSA) is 197 Å². The standard InChI is InChI=1S/C30H33Cl2N3O5S.C26H24Cl2N2O4.C4H7Cl.C2H6.CH3NO/c1-34(27-23(38-2)11-18(29(36)37)12-24(27)41-3)35-10-9-30(16-35)13-19(14-30)39-15-20-26(33-40-28(20)17-7-8-17)25-21(31)5-4-6-22(25)32;27-20-5-2-6-21(28)22(20)23-19(24(34-29-23)15-7-8-15)12-33-18-10-26(11-18)13-30(14-26)17-4-1-3-16(9-17)25(31)32;1-3-4(2)5;1-2;1-2-3/h4-6,11-12,17,19H,7-10,13-16H2,1-3H3,(H,36,37);1-6,9,15,18H,7-8,10-14H2,(H,31,32);3H,1-2H3;1-2H3;3H,1H2/b;;4-3+;;. The third kappa shape index (κ3) is 15.3. The SMILES string of the molecule is C/C=C(\C)Cl.C=NO.CC.COc1cc(C(=O)O)cc(SC)c1N(C)N1CCC2(CC(OCc3c(-c4c(Cl)cccc4Cl)noc3C3CC3)C2)C1.O=C(O)c1cccc(N2CC3(CC(OCc4c(-c5c(Cl)cccc5Cl)noc4C4CC4)C3)C2)c1. The number of hydrazine groups is 1. The molecule has 2 aliphatic heterocycles. The number of halogens is 5. The normalized spacial score (nSPS) is 17.6. The number of carboxylic acids is 2. The van der Waals surface area contributed by atoms with Crippen LogP contribution in [0.1, 0.15) is 141 Å². The number of oxime groups is 1. The van der Waals surface area contributed by atoms with Gasteiger partial charge in [0.1, 0.15) is 34.3 Å². The zero-order valence-corrected chi connectivity index (χ0v) is 53.4. The number of aromatic nitrogens is 2. The van der Waals surface area contributed by atoms with E-state index in [2.05, 4.69) is 37.1 Å². The van der Waals surface area contributed by atoms with Gasteiger partial charge < -0.3 is 48.6 Å². The Kier molecular flexibility index (Phi) is 22.4. The van der Waals surface area contributed by atoms with Gasteiger partial charge in [-0.25, -0.2) is 14.6 Å². The number of hydrogen-bond donors (Lipinski definition) is 3. The highest BCUT2D eigenvalue weighted by molar-refractivity contribution is 7.98. The molecule has 2 spiro atoms. The molecular weight excluding hydrogens is 1210 g/mol. The molecular formula is C63H73Cl5N6O10S. The summed E-state index contributed by atoms with van der Waals surface area (Å²) in [4.78, 5) is 26.0. The van der Waals surface area contributed by atoms with E-state index in [4.69, 9.17) is 86.5 Å². The first kappa shape index (κ1) is 65.5. The van der Waals surface area contributed by atoms with Crippen molar-refractivity contribution >= 4 is 99.8 Å². The van der Waals surface area contributed by atoms with E-state index in [0.29, 0.717) is 79.0 Å². The number of aromatic carboxylic acids is 2. The van der Waals surface area contributed by atoms with Crippen LogP contribution >= 0.6 is 69.8 Å². The predicted octanol–water partition coefficient (Wildman–Crippen LogP) is 17.0. The quantitative estimate of drug-likeness (QED) is 0.0337. The molecule has 4 aromatic carbocycles. The summed E-state index contributed by atoms with van der Waals surface area (Å²) in [6, 6.07) is 21.3. The van der Waals surface area contributed by atoms with Crippen molar-refractivity contribution in [2.75, 3.05) is 56.5 Å². The van der Waals surface area contributed by atoms with E-state index < -0.39 is 11.9 Å². The van der Waals surface area contributed by atoms with Gasteiger partial charge in [0.05, 0.1) is 63.7 Å². The number of hydrogen-bond acceptors (Lipinski definition) is 15. The summed E-state index contributed by atoms with van der Waals surface area (Å²) >= 11 is 32.8. The minimum atomic E-state index is -0.967. The zero-order chi connectivity index (χ0) is 61.3. The number of carboxylic acid groups (broad SMARTS) is 2. The number of benzene rings is 4. The van der Waals surface area contributed by atoms with E-state index in [0.717, 1.165) is 128 Å². The molecule has 0 unspecified atom stereocenters. The maximum atomic E-state index is 11.6. The van der Waals surface area contributed by atoms with E-state index >= 15 is 0 Å². The minimum Gasteiger partial charge on any atom is -0.494 e. The highest BCUT2D eigenvalue weighted by Gasteiger charge is 2.53. The molecule has 4 aliphatic carbocycles. The van der Waals surface area contributed by atoms with Crippen molar-refractivity contribution in [2.45, 2.75) is 128 Å². The lowest BCUT2D eigenvalue weighted by molar-refractivity contribution is -0.0998. The molecule has 2 saturated heterocycles. The van der Waals surface area contributed by atoms with Crippen LogP contribution in [0.3, 0.4) is 0 Å². The number of carbonyl (C=O) groups is 2. The molecule has 6 fully saturated rings. The van der Waals surface area contributed by atoms with Crippen molar-refractivity contribution in [1.29, 1.82) is 0 Å². The lowest BCUT2D eigenvalue weighted by Crippen LogP contribution is -2.64. The first-order valence-corrected chi connectivity index (χ1v) is 31.5. The molecule has 4 saturated carbocycles. The van der Waals surface area contributed by atoms with Gasteiger partial charge in [-0.05, 0) is 138 Å². The van der Waals surface area contributed by atoms with E-state index in [9.17, 15) is 19.8 Å². The lowest BCUT2D eigenvalue weighted by Gasteiger charge is -2.59. The second-order valence-corrected chi connectivity index (χ2v) is 25.2. The Bertz CT molecular complexity index is 3280. The van der Waals surface area contributed by atoms with Gasteiger partial charge in [0.25, 0.3) is 0 Å². The fourth-order valence-corrected chi connectivity index (χ4v) is 13.4. The summed E-state index contributed by atoms with van der Waals surface area (Å²) in [6.07, 6.45) is 13.5. The number of allylic oxidation sites excluding steroid dienone is 2. The maximum absolute atomic E-state index is 11.6. The first-order chi connectivity index (χ1) is 40.8.